The second-order valence-electron chi connectivity index (χ2n) is 5.77. The predicted octanol–water partition coefficient (Wildman–Crippen LogP) is 3.43. The molecule has 2 nitrogen and oxygen atoms in total. The van der Waals surface area contributed by atoms with Crippen molar-refractivity contribution >= 4 is 17.4 Å². The van der Waals surface area contributed by atoms with Gasteiger partial charge in [-0.15, -0.1) is 0 Å². The lowest BCUT2D eigenvalue weighted by Gasteiger charge is -2.32. The summed E-state index contributed by atoms with van der Waals surface area (Å²) in [6.45, 7) is 12.3. The molecule has 0 amide bonds. The molecule has 0 radical (unpaired) electrons. The first-order valence-corrected chi connectivity index (χ1v) is 8.30. The van der Waals surface area contributed by atoms with Crippen LogP contribution in [0.5, 0.6) is 0 Å². The van der Waals surface area contributed by atoms with E-state index in [1.54, 1.807) is 0 Å². The molecule has 2 rings (SSSR count). The Kier molecular flexibility index (Phi) is 5.17. The average molecular weight is 278 g/mol. The van der Waals surface area contributed by atoms with Crippen molar-refractivity contribution < 1.29 is 0 Å². The molecule has 3 heteroatoms. The van der Waals surface area contributed by atoms with Crippen LogP contribution in [0.25, 0.3) is 0 Å². The molecule has 0 aromatic heterocycles. The van der Waals surface area contributed by atoms with Crippen LogP contribution in [0.1, 0.15) is 31.9 Å². The van der Waals surface area contributed by atoms with Gasteiger partial charge in [0.15, 0.2) is 0 Å². The maximum atomic E-state index is 3.49. The first-order chi connectivity index (χ1) is 9.06. The zero-order chi connectivity index (χ0) is 13.8. The molecule has 0 saturated carbocycles. The lowest BCUT2D eigenvalue weighted by atomic mass is 10.1. The first-order valence-electron chi connectivity index (χ1n) is 7.25. The molecule has 1 aromatic rings. The molecule has 1 fully saturated rings. The number of nitrogens with zero attached hydrogens (tertiary/aromatic N) is 1. The fourth-order valence-electron chi connectivity index (χ4n) is 2.44. The molecule has 0 bridgehead atoms. The Morgan fingerprint density at radius 1 is 1.42 bits per heavy atom. The smallest absolute Gasteiger partial charge is 0.0369 e. The summed E-state index contributed by atoms with van der Waals surface area (Å²) in [5, 5.41) is 4.24. The standard InChI is InChI=1S/C16H26N2S/c1-12(2)17-10-15-5-6-16(9-13(15)3)18-7-8-19-14(4)11-18/h5-6,9,12,14,17H,7-8,10-11H2,1-4H3. The largest absolute Gasteiger partial charge is 0.370 e. The van der Waals surface area contributed by atoms with Gasteiger partial charge in [-0.3, -0.25) is 0 Å². The molecule has 0 aliphatic carbocycles. The number of aryl methyl sites for hydroxylation is 1. The molecule has 1 aliphatic heterocycles. The van der Waals surface area contributed by atoms with Crippen molar-refractivity contribution in [3.63, 3.8) is 0 Å². The van der Waals surface area contributed by atoms with Crippen molar-refractivity contribution in [2.24, 2.45) is 0 Å². The van der Waals surface area contributed by atoms with E-state index in [0.717, 1.165) is 11.8 Å². The minimum atomic E-state index is 0.541. The predicted molar refractivity (Wildman–Crippen MR) is 87.3 cm³/mol. The van der Waals surface area contributed by atoms with Gasteiger partial charge in [-0.25, -0.2) is 0 Å². The molecular formula is C16H26N2S. The summed E-state index contributed by atoms with van der Waals surface area (Å²) in [6, 6.07) is 7.46. The number of rotatable bonds is 4. The van der Waals surface area contributed by atoms with E-state index >= 15 is 0 Å². The maximum Gasteiger partial charge on any atom is 0.0369 e. The van der Waals surface area contributed by atoms with Crippen LogP contribution in [-0.4, -0.2) is 30.1 Å². The van der Waals surface area contributed by atoms with E-state index in [9.17, 15) is 0 Å². The Morgan fingerprint density at radius 2 is 2.21 bits per heavy atom. The number of thioether (sulfide) groups is 1. The highest BCUT2D eigenvalue weighted by molar-refractivity contribution is 8.00. The second-order valence-corrected chi connectivity index (χ2v) is 7.32. The summed E-state index contributed by atoms with van der Waals surface area (Å²) < 4.78 is 0. The van der Waals surface area contributed by atoms with Gasteiger partial charge in [-0.05, 0) is 30.2 Å². The molecular weight excluding hydrogens is 252 g/mol. The monoisotopic (exact) mass is 278 g/mol. The molecule has 1 aliphatic rings. The Labute approximate surface area is 122 Å². The fourth-order valence-corrected chi connectivity index (χ4v) is 3.46. The normalized spacial score (nSPS) is 20.1. The number of hydrogen-bond donors (Lipinski definition) is 1. The Balaban J connectivity index is 2.05. The van der Waals surface area contributed by atoms with Crippen LogP contribution in [-0.2, 0) is 6.54 Å². The molecule has 1 saturated heterocycles. The van der Waals surface area contributed by atoms with Gasteiger partial charge in [0.2, 0.25) is 0 Å². The van der Waals surface area contributed by atoms with Gasteiger partial charge < -0.3 is 10.2 Å². The molecule has 1 N–H and O–H groups in total. The van der Waals surface area contributed by atoms with E-state index < -0.39 is 0 Å². The van der Waals surface area contributed by atoms with Gasteiger partial charge in [0, 0.05) is 42.4 Å². The van der Waals surface area contributed by atoms with Crippen molar-refractivity contribution in [1.82, 2.24) is 5.32 Å². The fraction of sp³-hybridized carbons (Fsp3) is 0.625. The van der Waals surface area contributed by atoms with Gasteiger partial charge in [-0.1, -0.05) is 26.8 Å². The van der Waals surface area contributed by atoms with E-state index in [0.29, 0.717) is 6.04 Å². The quantitative estimate of drug-likeness (QED) is 0.908. The molecule has 106 valence electrons. The lowest BCUT2D eigenvalue weighted by Crippen LogP contribution is -2.36. The minimum Gasteiger partial charge on any atom is -0.370 e. The summed E-state index contributed by atoms with van der Waals surface area (Å²) in [5.74, 6) is 1.25. The second kappa shape index (κ2) is 6.67. The zero-order valence-electron chi connectivity index (χ0n) is 12.6. The van der Waals surface area contributed by atoms with E-state index in [1.807, 2.05) is 0 Å². The van der Waals surface area contributed by atoms with Crippen molar-refractivity contribution in [2.45, 2.75) is 45.5 Å². The third-order valence-corrected chi connectivity index (χ3v) is 4.77. The first kappa shape index (κ1) is 14.7. The maximum absolute atomic E-state index is 3.49. The highest BCUT2D eigenvalue weighted by Crippen LogP contribution is 2.25. The molecule has 0 spiro atoms. The Hall–Kier alpha value is -0.670. The SMILES string of the molecule is Cc1cc(N2CCSC(C)C2)ccc1CNC(C)C. The third-order valence-electron chi connectivity index (χ3n) is 3.63. The van der Waals surface area contributed by atoms with E-state index in [2.05, 4.69) is 67.9 Å². The number of hydrogen-bond acceptors (Lipinski definition) is 3. The summed E-state index contributed by atoms with van der Waals surface area (Å²) in [5.41, 5.74) is 4.20. The van der Waals surface area contributed by atoms with Gasteiger partial charge in [-0.2, -0.15) is 11.8 Å². The minimum absolute atomic E-state index is 0.541. The van der Waals surface area contributed by atoms with Crippen LogP contribution < -0.4 is 10.2 Å². The van der Waals surface area contributed by atoms with Gasteiger partial charge in [0.1, 0.15) is 0 Å². The Morgan fingerprint density at radius 3 is 2.84 bits per heavy atom. The van der Waals surface area contributed by atoms with Crippen molar-refractivity contribution in [3.05, 3.63) is 29.3 Å². The zero-order valence-corrected chi connectivity index (χ0v) is 13.4. The average Bonchev–Trinajstić information content (AvgIpc) is 2.37. The molecule has 1 heterocycles. The summed E-state index contributed by atoms with van der Waals surface area (Å²) in [4.78, 5) is 2.52. The molecule has 1 unspecified atom stereocenters. The third kappa shape index (κ3) is 4.15. The van der Waals surface area contributed by atoms with Crippen molar-refractivity contribution in [3.8, 4) is 0 Å². The van der Waals surface area contributed by atoms with Gasteiger partial charge in [0.05, 0.1) is 0 Å². The molecule has 1 aromatic carbocycles. The van der Waals surface area contributed by atoms with Crippen molar-refractivity contribution in [2.75, 3.05) is 23.7 Å². The summed E-state index contributed by atoms with van der Waals surface area (Å²) in [6.07, 6.45) is 0. The number of nitrogens with one attached hydrogen (secondary N) is 1. The van der Waals surface area contributed by atoms with E-state index in [4.69, 9.17) is 0 Å². The van der Waals surface area contributed by atoms with Gasteiger partial charge in [0.25, 0.3) is 0 Å². The highest BCUT2D eigenvalue weighted by atomic mass is 32.2. The molecule has 19 heavy (non-hydrogen) atoms. The summed E-state index contributed by atoms with van der Waals surface area (Å²) >= 11 is 2.08. The number of benzene rings is 1. The van der Waals surface area contributed by atoms with Crippen LogP contribution in [0.2, 0.25) is 0 Å². The lowest BCUT2D eigenvalue weighted by molar-refractivity contribution is 0.587. The van der Waals surface area contributed by atoms with Crippen LogP contribution >= 0.6 is 11.8 Å². The Bertz CT molecular complexity index is 417. The van der Waals surface area contributed by atoms with E-state index in [1.165, 1.54) is 35.7 Å². The summed E-state index contributed by atoms with van der Waals surface area (Å²) in [7, 11) is 0. The van der Waals surface area contributed by atoms with Crippen LogP contribution in [0.3, 0.4) is 0 Å². The highest BCUT2D eigenvalue weighted by Gasteiger charge is 2.17. The molecule has 1 atom stereocenters. The van der Waals surface area contributed by atoms with Crippen LogP contribution in [0, 0.1) is 6.92 Å². The topological polar surface area (TPSA) is 15.3 Å². The van der Waals surface area contributed by atoms with Crippen LogP contribution in [0.4, 0.5) is 5.69 Å². The number of anilines is 1. The van der Waals surface area contributed by atoms with Crippen LogP contribution in [0.15, 0.2) is 18.2 Å². The van der Waals surface area contributed by atoms with Crippen molar-refractivity contribution in [1.29, 1.82) is 0 Å². The van der Waals surface area contributed by atoms with Gasteiger partial charge >= 0.3 is 0 Å². The van der Waals surface area contributed by atoms with E-state index in [-0.39, 0.29) is 0 Å².